The Balaban J connectivity index is 1.76. The Hall–Kier alpha value is -1.37. The van der Waals surface area contributed by atoms with Gasteiger partial charge in [-0.3, -0.25) is 4.79 Å². The highest BCUT2D eigenvalue weighted by molar-refractivity contribution is 5.99. The summed E-state index contributed by atoms with van der Waals surface area (Å²) in [4.78, 5) is 12.3. The molecule has 1 aromatic carbocycles. The fourth-order valence-corrected chi connectivity index (χ4v) is 3.17. The molecule has 1 aliphatic carbocycles. The van der Waals surface area contributed by atoms with Crippen LogP contribution in [0.2, 0.25) is 0 Å². The van der Waals surface area contributed by atoms with Crippen molar-refractivity contribution in [3.8, 4) is 0 Å². The van der Waals surface area contributed by atoms with E-state index in [4.69, 9.17) is 0 Å². The molecule has 1 unspecified atom stereocenters. The SMILES string of the molecule is CCCCCCCCC1CCC(c2ccccc2)=CC1=O. The van der Waals surface area contributed by atoms with Gasteiger partial charge < -0.3 is 0 Å². The summed E-state index contributed by atoms with van der Waals surface area (Å²) < 4.78 is 0. The lowest BCUT2D eigenvalue weighted by molar-refractivity contribution is -0.118. The van der Waals surface area contributed by atoms with Gasteiger partial charge in [0.1, 0.15) is 0 Å². The third kappa shape index (κ3) is 5.15. The number of benzene rings is 1. The maximum absolute atomic E-state index is 12.3. The summed E-state index contributed by atoms with van der Waals surface area (Å²) in [5, 5.41) is 0. The van der Waals surface area contributed by atoms with Crippen molar-refractivity contribution in [3.63, 3.8) is 0 Å². The maximum Gasteiger partial charge on any atom is 0.159 e. The van der Waals surface area contributed by atoms with Crippen LogP contribution < -0.4 is 0 Å². The number of carbonyl (C=O) groups excluding carboxylic acids is 1. The van der Waals surface area contributed by atoms with E-state index in [0.29, 0.717) is 5.78 Å². The smallest absolute Gasteiger partial charge is 0.159 e. The highest BCUT2D eigenvalue weighted by atomic mass is 16.1. The molecule has 0 spiro atoms. The second-order valence-electron chi connectivity index (χ2n) is 6.23. The third-order valence-electron chi connectivity index (χ3n) is 4.53. The van der Waals surface area contributed by atoms with Gasteiger partial charge in [0.15, 0.2) is 5.78 Å². The van der Waals surface area contributed by atoms with E-state index in [1.807, 2.05) is 24.3 Å². The van der Waals surface area contributed by atoms with Crippen molar-refractivity contribution in [2.75, 3.05) is 0 Å². The second kappa shape index (κ2) is 8.81. The van der Waals surface area contributed by atoms with Gasteiger partial charge in [-0.05, 0) is 36.5 Å². The van der Waals surface area contributed by atoms with E-state index in [0.717, 1.165) is 19.3 Å². The quantitative estimate of drug-likeness (QED) is 0.551. The Bertz CT molecular complexity index is 458. The molecule has 0 aromatic heterocycles. The molecule has 2 rings (SSSR count). The van der Waals surface area contributed by atoms with Gasteiger partial charge in [0.25, 0.3) is 0 Å². The van der Waals surface area contributed by atoms with E-state index in [9.17, 15) is 4.79 Å². The summed E-state index contributed by atoms with van der Waals surface area (Å²) in [5.41, 5.74) is 2.43. The molecule has 0 bridgehead atoms. The minimum Gasteiger partial charge on any atom is -0.295 e. The second-order valence-corrected chi connectivity index (χ2v) is 6.23. The predicted octanol–water partition coefficient (Wildman–Crippen LogP) is 5.80. The Morgan fingerprint density at radius 2 is 1.71 bits per heavy atom. The molecule has 0 saturated heterocycles. The van der Waals surface area contributed by atoms with Crippen LogP contribution in [0.4, 0.5) is 0 Å². The monoisotopic (exact) mass is 284 g/mol. The van der Waals surface area contributed by atoms with Crippen molar-refractivity contribution in [2.24, 2.45) is 5.92 Å². The van der Waals surface area contributed by atoms with Gasteiger partial charge in [0.2, 0.25) is 0 Å². The first kappa shape index (κ1) is 16.0. The summed E-state index contributed by atoms with van der Waals surface area (Å²) in [5.74, 6) is 0.636. The van der Waals surface area contributed by atoms with E-state index in [-0.39, 0.29) is 5.92 Å². The van der Waals surface area contributed by atoms with Crippen molar-refractivity contribution in [2.45, 2.75) is 64.7 Å². The zero-order chi connectivity index (χ0) is 14.9. The molecule has 1 nitrogen and oxygen atoms in total. The Kier molecular flexibility index (Phi) is 6.72. The van der Waals surface area contributed by atoms with Crippen molar-refractivity contribution < 1.29 is 4.79 Å². The Labute approximate surface area is 129 Å². The van der Waals surface area contributed by atoms with Crippen LogP contribution in [-0.2, 0) is 4.79 Å². The van der Waals surface area contributed by atoms with Crippen LogP contribution in [0.5, 0.6) is 0 Å². The molecule has 0 saturated carbocycles. The number of ketones is 1. The van der Waals surface area contributed by atoms with Crippen molar-refractivity contribution in [3.05, 3.63) is 42.0 Å². The van der Waals surface area contributed by atoms with Gasteiger partial charge in [0.05, 0.1) is 0 Å². The molecule has 1 aliphatic rings. The Morgan fingerprint density at radius 3 is 2.43 bits per heavy atom. The van der Waals surface area contributed by atoms with E-state index in [1.54, 1.807) is 0 Å². The fraction of sp³-hybridized carbons (Fsp3) is 0.550. The fourth-order valence-electron chi connectivity index (χ4n) is 3.17. The third-order valence-corrected chi connectivity index (χ3v) is 4.53. The molecule has 0 heterocycles. The van der Waals surface area contributed by atoms with Gasteiger partial charge in [-0.25, -0.2) is 0 Å². The summed E-state index contributed by atoms with van der Waals surface area (Å²) in [6, 6.07) is 10.3. The average molecular weight is 284 g/mol. The maximum atomic E-state index is 12.3. The minimum atomic E-state index is 0.281. The van der Waals surface area contributed by atoms with E-state index < -0.39 is 0 Å². The molecule has 0 amide bonds. The molecule has 21 heavy (non-hydrogen) atoms. The van der Waals surface area contributed by atoms with Gasteiger partial charge in [-0.15, -0.1) is 0 Å². The lowest BCUT2D eigenvalue weighted by atomic mass is 9.83. The molecule has 0 fully saturated rings. The van der Waals surface area contributed by atoms with Gasteiger partial charge in [-0.1, -0.05) is 75.8 Å². The Morgan fingerprint density at radius 1 is 1.00 bits per heavy atom. The van der Waals surface area contributed by atoms with Crippen LogP contribution in [0.3, 0.4) is 0 Å². The molecule has 0 N–H and O–H groups in total. The first-order valence-electron chi connectivity index (χ1n) is 8.61. The number of allylic oxidation sites excluding steroid dienone is 2. The van der Waals surface area contributed by atoms with Crippen LogP contribution in [0.1, 0.15) is 70.3 Å². The predicted molar refractivity (Wildman–Crippen MR) is 90.1 cm³/mol. The standard InChI is InChI=1S/C20H28O/c1-2-3-4-5-6-8-13-18-14-15-19(16-20(18)21)17-11-9-7-10-12-17/h7,9-12,16,18H,2-6,8,13-15H2,1H3. The molecule has 1 heteroatoms. The van der Waals surface area contributed by atoms with Crippen molar-refractivity contribution in [1.29, 1.82) is 0 Å². The van der Waals surface area contributed by atoms with Crippen LogP contribution >= 0.6 is 0 Å². The number of rotatable bonds is 8. The van der Waals surface area contributed by atoms with Crippen molar-refractivity contribution in [1.82, 2.24) is 0 Å². The highest BCUT2D eigenvalue weighted by Crippen LogP contribution is 2.30. The highest BCUT2D eigenvalue weighted by Gasteiger charge is 2.22. The van der Waals surface area contributed by atoms with Gasteiger partial charge in [0, 0.05) is 5.92 Å². The molecular formula is C20H28O. The molecular weight excluding hydrogens is 256 g/mol. The van der Waals surface area contributed by atoms with Crippen molar-refractivity contribution >= 4 is 11.4 Å². The number of hydrogen-bond donors (Lipinski definition) is 0. The molecule has 0 aliphatic heterocycles. The van der Waals surface area contributed by atoms with Gasteiger partial charge >= 0.3 is 0 Å². The molecule has 1 atom stereocenters. The summed E-state index contributed by atoms with van der Waals surface area (Å²) in [7, 11) is 0. The van der Waals surface area contributed by atoms with Gasteiger partial charge in [-0.2, -0.15) is 0 Å². The molecule has 1 aromatic rings. The lowest BCUT2D eigenvalue weighted by Gasteiger charge is -2.21. The largest absolute Gasteiger partial charge is 0.295 e. The first-order valence-corrected chi connectivity index (χ1v) is 8.61. The summed E-state index contributed by atoms with van der Waals surface area (Å²) in [6.45, 7) is 2.25. The van der Waals surface area contributed by atoms with E-state index in [2.05, 4.69) is 19.1 Å². The number of unbranched alkanes of at least 4 members (excludes halogenated alkanes) is 5. The minimum absolute atomic E-state index is 0.281. The van der Waals surface area contributed by atoms with E-state index in [1.165, 1.54) is 49.7 Å². The van der Waals surface area contributed by atoms with Crippen LogP contribution in [0.25, 0.3) is 5.57 Å². The number of carbonyl (C=O) groups is 1. The zero-order valence-electron chi connectivity index (χ0n) is 13.3. The normalized spacial score (nSPS) is 18.6. The summed E-state index contributed by atoms with van der Waals surface area (Å²) in [6.07, 6.45) is 12.9. The first-order chi connectivity index (χ1) is 10.3. The topological polar surface area (TPSA) is 17.1 Å². The van der Waals surface area contributed by atoms with Crippen LogP contribution in [0.15, 0.2) is 36.4 Å². The van der Waals surface area contributed by atoms with E-state index >= 15 is 0 Å². The lowest BCUT2D eigenvalue weighted by Crippen LogP contribution is -2.17. The van der Waals surface area contributed by atoms with Crippen LogP contribution in [0, 0.1) is 5.92 Å². The summed E-state index contributed by atoms with van der Waals surface area (Å²) >= 11 is 0. The molecule has 114 valence electrons. The average Bonchev–Trinajstić information content (AvgIpc) is 2.53. The zero-order valence-corrected chi connectivity index (χ0v) is 13.3. The van der Waals surface area contributed by atoms with Crippen LogP contribution in [-0.4, -0.2) is 5.78 Å². The molecule has 0 radical (unpaired) electrons. The number of hydrogen-bond acceptors (Lipinski definition) is 1.